The molecule has 1 aromatic carbocycles. The van der Waals surface area contributed by atoms with Gasteiger partial charge in [-0.3, -0.25) is 0 Å². The van der Waals surface area contributed by atoms with Crippen molar-refractivity contribution in [2.75, 3.05) is 6.26 Å². The fourth-order valence-corrected chi connectivity index (χ4v) is 2.64. The monoisotopic (exact) mass is 241 g/mol. The molecule has 0 unspecified atom stereocenters. The molecular weight excluding hydrogens is 229 g/mol. The van der Waals surface area contributed by atoms with E-state index in [1.165, 1.54) is 12.3 Å². The van der Waals surface area contributed by atoms with Crippen molar-refractivity contribution in [2.45, 2.75) is 5.75 Å². The Labute approximate surface area is 93.4 Å². The van der Waals surface area contributed by atoms with Crippen LogP contribution in [0, 0.1) is 5.82 Å². The average Bonchev–Trinajstić information content (AvgIpc) is 2.42. The van der Waals surface area contributed by atoms with E-state index in [2.05, 4.69) is 0 Å². The van der Waals surface area contributed by atoms with E-state index in [-0.39, 0.29) is 11.6 Å². The molecule has 0 atom stereocenters. The maximum Gasteiger partial charge on any atom is 0.153 e. The van der Waals surface area contributed by atoms with Gasteiger partial charge in [0.1, 0.15) is 5.82 Å². The number of rotatable bonds is 2. The fourth-order valence-electron chi connectivity index (χ4n) is 1.83. The van der Waals surface area contributed by atoms with Crippen molar-refractivity contribution in [1.29, 1.82) is 0 Å². The van der Waals surface area contributed by atoms with E-state index in [1.807, 2.05) is 0 Å². The van der Waals surface area contributed by atoms with Crippen LogP contribution in [0.5, 0.6) is 0 Å². The molecule has 0 fully saturated rings. The van der Waals surface area contributed by atoms with Crippen LogP contribution in [-0.4, -0.2) is 19.2 Å². The van der Waals surface area contributed by atoms with Crippen LogP contribution in [0.4, 0.5) is 4.39 Å². The maximum absolute atomic E-state index is 13.5. The third-order valence-corrected chi connectivity index (χ3v) is 3.34. The Bertz CT molecular complexity index is 643. The number of para-hydroxylation sites is 1. The second-order valence-electron chi connectivity index (χ2n) is 3.94. The molecule has 2 aromatic rings. The first-order chi connectivity index (χ1) is 7.38. The van der Waals surface area contributed by atoms with Crippen molar-refractivity contribution in [3.05, 3.63) is 35.8 Å². The molecule has 86 valence electrons. The van der Waals surface area contributed by atoms with Crippen LogP contribution in [0.1, 0.15) is 5.69 Å². The Kier molecular flexibility index (Phi) is 2.50. The molecule has 0 aliphatic heterocycles. The Balaban J connectivity index is 2.66. The number of fused-ring (bicyclic) bond motifs is 1. The molecule has 1 heterocycles. The second kappa shape index (κ2) is 3.59. The second-order valence-corrected chi connectivity index (χ2v) is 6.08. The SMILES string of the molecule is Cn1c(CS(C)(=O)=O)cc2cccc(F)c21. The lowest BCUT2D eigenvalue weighted by molar-refractivity contribution is 0.598. The molecule has 0 radical (unpaired) electrons. The third-order valence-electron chi connectivity index (χ3n) is 2.52. The number of sulfone groups is 1. The lowest BCUT2D eigenvalue weighted by Crippen LogP contribution is -2.05. The summed E-state index contributed by atoms with van der Waals surface area (Å²) in [6, 6.07) is 6.46. The van der Waals surface area contributed by atoms with Crippen molar-refractivity contribution in [2.24, 2.45) is 7.05 Å². The summed E-state index contributed by atoms with van der Waals surface area (Å²) in [4.78, 5) is 0. The summed E-state index contributed by atoms with van der Waals surface area (Å²) < 4.78 is 37.5. The van der Waals surface area contributed by atoms with Crippen LogP contribution in [-0.2, 0) is 22.6 Å². The quantitative estimate of drug-likeness (QED) is 0.805. The van der Waals surface area contributed by atoms with Crippen LogP contribution >= 0.6 is 0 Å². The molecule has 0 N–H and O–H groups in total. The van der Waals surface area contributed by atoms with Gasteiger partial charge in [-0.15, -0.1) is 0 Å². The topological polar surface area (TPSA) is 39.1 Å². The van der Waals surface area contributed by atoms with Gasteiger partial charge in [-0.25, -0.2) is 12.8 Å². The molecular formula is C11H12FNO2S. The van der Waals surface area contributed by atoms with Crippen LogP contribution in [0.3, 0.4) is 0 Å². The van der Waals surface area contributed by atoms with E-state index < -0.39 is 9.84 Å². The first kappa shape index (κ1) is 11.1. The fraction of sp³-hybridized carbons (Fsp3) is 0.273. The summed E-state index contributed by atoms with van der Waals surface area (Å²) >= 11 is 0. The van der Waals surface area contributed by atoms with Crippen LogP contribution in [0.2, 0.25) is 0 Å². The highest BCUT2D eigenvalue weighted by Gasteiger charge is 2.13. The molecule has 3 nitrogen and oxygen atoms in total. The first-order valence-electron chi connectivity index (χ1n) is 4.79. The van der Waals surface area contributed by atoms with E-state index in [9.17, 15) is 12.8 Å². The molecule has 2 rings (SSSR count). The highest BCUT2D eigenvalue weighted by Crippen LogP contribution is 2.22. The largest absolute Gasteiger partial charge is 0.344 e. The minimum Gasteiger partial charge on any atom is -0.344 e. The number of halogens is 1. The van der Waals surface area contributed by atoms with Gasteiger partial charge in [0.15, 0.2) is 9.84 Å². The number of benzene rings is 1. The molecule has 0 aliphatic rings. The molecule has 0 saturated heterocycles. The molecule has 0 amide bonds. The molecule has 16 heavy (non-hydrogen) atoms. The summed E-state index contributed by atoms with van der Waals surface area (Å²) in [5.74, 6) is -0.405. The van der Waals surface area contributed by atoms with Gasteiger partial charge in [0.05, 0.1) is 11.3 Å². The van der Waals surface area contributed by atoms with Crippen molar-refractivity contribution >= 4 is 20.7 Å². The predicted octanol–water partition coefficient (Wildman–Crippen LogP) is 1.86. The summed E-state index contributed by atoms with van der Waals surface area (Å²) in [7, 11) is -1.43. The number of aromatic nitrogens is 1. The highest BCUT2D eigenvalue weighted by molar-refractivity contribution is 7.89. The number of nitrogens with zero attached hydrogens (tertiary/aromatic N) is 1. The zero-order chi connectivity index (χ0) is 11.9. The van der Waals surface area contributed by atoms with Crippen molar-refractivity contribution in [3.8, 4) is 0 Å². The summed E-state index contributed by atoms with van der Waals surface area (Å²) in [6.07, 6.45) is 1.17. The average molecular weight is 241 g/mol. The standard InChI is InChI=1S/C11H12FNO2S/c1-13-9(7-16(2,14)15)6-8-4-3-5-10(12)11(8)13/h3-6H,7H2,1-2H3. The van der Waals surface area contributed by atoms with Gasteiger partial charge in [-0.2, -0.15) is 0 Å². The third kappa shape index (κ3) is 1.95. The van der Waals surface area contributed by atoms with E-state index in [0.29, 0.717) is 11.2 Å². The Morgan fingerprint density at radius 2 is 2.06 bits per heavy atom. The zero-order valence-corrected chi connectivity index (χ0v) is 9.88. The normalized spacial score (nSPS) is 12.2. The van der Waals surface area contributed by atoms with E-state index in [4.69, 9.17) is 0 Å². The number of aryl methyl sites for hydroxylation is 1. The van der Waals surface area contributed by atoms with Gasteiger partial charge in [-0.05, 0) is 12.1 Å². The van der Waals surface area contributed by atoms with Crippen molar-refractivity contribution in [1.82, 2.24) is 4.57 Å². The van der Waals surface area contributed by atoms with Gasteiger partial charge in [0, 0.05) is 24.4 Å². The smallest absolute Gasteiger partial charge is 0.153 e. The van der Waals surface area contributed by atoms with Crippen LogP contribution in [0.25, 0.3) is 10.9 Å². The predicted molar refractivity (Wildman–Crippen MR) is 61.4 cm³/mol. The molecule has 0 bridgehead atoms. The zero-order valence-electron chi connectivity index (χ0n) is 9.07. The minimum atomic E-state index is -3.10. The lowest BCUT2D eigenvalue weighted by Gasteiger charge is -2.03. The Morgan fingerprint density at radius 3 is 2.62 bits per heavy atom. The molecule has 0 saturated carbocycles. The van der Waals surface area contributed by atoms with Gasteiger partial charge >= 0.3 is 0 Å². The molecule has 1 aromatic heterocycles. The Hall–Kier alpha value is -1.36. The van der Waals surface area contributed by atoms with Gasteiger partial charge in [0.25, 0.3) is 0 Å². The molecule has 0 aliphatic carbocycles. The van der Waals surface area contributed by atoms with Crippen molar-refractivity contribution < 1.29 is 12.8 Å². The van der Waals surface area contributed by atoms with Gasteiger partial charge in [-0.1, -0.05) is 12.1 Å². The number of hydrogen-bond donors (Lipinski definition) is 0. The summed E-state index contributed by atoms with van der Waals surface area (Å²) in [5, 5.41) is 0.723. The van der Waals surface area contributed by atoms with Crippen LogP contribution < -0.4 is 0 Å². The Morgan fingerprint density at radius 1 is 1.38 bits per heavy atom. The van der Waals surface area contributed by atoms with Gasteiger partial charge < -0.3 is 4.57 Å². The van der Waals surface area contributed by atoms with E-state index >= 15 is 0 Å². The van der Waals surface area contributed by atoms with Crippen LogP contribution in [0.15, 0.2) is 24.3 Å². The van der Waals surface area contributed by atoms with E-state index in [1.54, 1.807) is 29.8 Å². The van der Waals surface area contributed by atoms with Gasteiger partial charge in [0.2, 0.25) is 0 Å². The molecule has 5 heteroatoms. The summed E-state index contributed by atoms with van der Waals surface area (Å²) in [6.45, 7) is 0. The lowest BCUT2D eigenvalue weighted by atomic mass is 10.2. The summed E-state index contributed by atoms with van der Waals surface area (Å²) in [5.41, 5.74) is 1.05. The first-order valence-corrected chi connectivity index (χ1v) is 6.85. The van der Waals surface area contributed by atoms with Crippen molar-refractivity contribution in [3.63, 3.8) is 0 Å². The minimum absolute atomic E-state index is 0.0718. The highest BCUT2D eigenvalue weighted by atomic mass is 32.2. The maximum atomic E-state index is 13.5. The number of hydrogen-bond acceptors (Lipinski definition) is 2. The molecule has 0 spiro atoms. The van der Waals surface area contributed by atoms with E-state index in [0.717, 1.165) is 5.39 Å².